The molecule has 2 aromatic carbocycles. The van der Waals surface area contributed by atoms with Crippen molar-refractivity contribution in [3.8, 4) is 28.4 Å². The van der Waals surface area contributed by atoms with Gasteiger partial charge in [-0.15, -0.1) is 11.3 Å². The van der Waals surface area contributed by atoms with Gasteiger partial charge in [-0.3, -0.25) is 14.9 Å². The van der Waals surface area contributed by atoms with E-state index in [0.29, 0.717) is 32.7 Å². The predicted molar refractivity (Wildman–Crippen MR) is 125 cm³/mol. The molecule has 1 amide bonds. The van der Waals surface area contributed by atoms with Crippen molar-refractivity contribution in [1.29, 1.82) is 0 Å². The molecule has 2 aromatic heterocycles. The van der Waals surface area contributed by atoms with Gasteiger partial charge >= 0.3 is 0 Å². The summed E-state index contributed by atoms with van der Waals surface area (Å²) in [7, 11) is 4.44. The molecule has 0 saturated heterocycles. The monoisotopic (exact) mass is 471 g/mol. The van der Waals surface area contributed by atoms with Gasteiger partial charge in [0.25, 0.3) is 5.91 Å². The van der Waals surface area contributed by atoms with Crippen molar-refractivity contribution in [2.75, 3.05) is 26.6 Å². The lowest BCUT2D eigenvalue weighted by molar-refractivity contribution is 0.102. The highest BCUT2D eigenvalue weighted by atomic mass is 35.5. The molecule has 0 atom stereocenters. The zero-order valence-corrected chi connectivity index (χ0v) is 18.9. The first-order chi connectivity index (χ1) is 15.5. The van der Waals surface area contributed by atoms with Crippen LogP contribution in [0.25, 0.3) is 22.1 Å². The van der Waals surface area contributed by atoms with Gasteiger partial charge in [-0.1, -0.05) is 17.7 Å². The first-order valence-electron chi connectivity index (χ1n) is 9.38. The molecular weight excluding hydrogens is 454 g/mol. The molecule has 0 bridgehead atoms. The summed E-state index contributed by atoms with van der Waals surface area (Å²) in [5.41, 5.74) is 0.460. The summed E-state index contributed by atoms with van der Waals surface area (Å²) in [5.74, 6) is 0.671. The van der Waals surface area contributed by atoms with Gasteiger partial charge < -0.3 is 18.6 Å². The lowest BCUT2D eigenvalue weighted by Crippen LogP contribution is -2.15. The lowest BCUT2D eigenvalue weighted by atomic mass is 10.0. The number of halogens is 1. The Bertz CT molecular complexity index is 1340. The highest BCUT2D eigenvalue weighted by Gasteiger charge is 2.23. The molecule has 0 spiro atoms. The normalized spacial score (nSPS) is 10.8. The fraction of sp³-hybridized carbons (Fsp3) is 0.130. The van der Waals surface area contributed by atoms with Crippen molar-refractivity contribution < 1.29 is 23.4 Å². The second-order valence-electron chi connectivity index (χ2n) is 6.62. The van der Waals surface area contributed by atoms with Crippen LogP contribution in [0.5, 0.6) is 17.2 Å². The van der Waals surface area contributed by atoms with E-state index in [1.165, 1.54) is 38.7 Å². The van der Waals surface area contributed by atoms with Crippen LogP contribution in [-0.2, 0) is 0 Å². The van der Waals surface area contributed by atoms with Crippen LogP contribution in [0.15, 0.2) is 57.1 Å². The van der Waals surface area contributed by atoms with E-state index in [9.17, 15) is 9.59 Å². The third-order valence-electron chi connectivity index (χ3n) is 4.78. The minimum absolute atomic E-state index is 0.00232. The lowest BCUT2D eigenvalue weighted by Gasteiger charge is -2.16. The van der Waals surface area contributed by atoms with E-state index < -0.39 is 5.91 Å². The average Bonchev–Trinajstić information content (AvgIpc) is 3.34. The summed E-state index contributed by atoms with van der Waals surface area (Å²) >= 11 is 7.38. The molecule has 0 aliphatic carbocycles. The second kappa shape index (κ2) is 8.94. The molecule has 0 fully saturated rings. The number of hydrogen-bond acceptors (Lipinski definition) is 7. The van der Waals surface area contributed by atoms with E-state index in [-0.39, 0.29) is 27.8 Å². The van der Waals surface area contributed by atoms with Crippen molar-refractivity contribution in [3.05, 3.63) is 68.0 Å². The first-order valence-corrected chi connectivity index (χ1v) is 10.6. The number of thiophene rings is 1. The Kier molecular flexibility index (Phi) is 6.07. The maximum absolute atomic E-state index is 13.5. The van der Waals surface area contributed by atoms with E-state index in [4.69, 9.17) is 30.2 Å². The van der Waals surface area contributed by atoms with Crippen LogP contribution in [0, 0.1) is 0 Å². The Morgan fingerprint density at radius 3 is 2.34 bits per heavy atom. The Morgan fingerprint density at radius 1 is 1.03 bits per heavy atom. The number of anilines is 1. The van der Waals surface area contributed by atoms with Crippen molar-refractivity contribution in [3.63, 3.8) is 0 Å². The van der Waals surface area contributed by atoms with Crippen molar-refractivity contribution >= 4 is 45.7 Å². The van der Waals surface area contributed by atoms with E-state index in [2.05, 4.69) is 5.32 Å². The van der Waals surface area contributed by atoms with E-state index in [1.54, 1.807) is 41.8 Å². The predicted octanol–water partition coefficient (Wildman–Crippen LogP) is 5.45. The molecule has 4 rings (SSSR count). The molecular formula is C23H18ClNO6S. The Labute approximate surface area is 192 Å². The SMILES string of the molecule is COc1cc(-c2c(NC(=O)c3cccs3)oc3ccc(Cl)cc3c2=O)cc(OC)c1OC. The number of benzene rings is 2. The number of rotatable bonds is 6. The number of ether oxygens (including phenoxy) is 3. The zero-order chi connectivity index (χ0) is 22.8. The maximum atomic E-state index is 13.5. The Morgan fingerprint density at radius 2 is 1.75 bits per heavy atom. The third kappa shape index (κ3) is 3.90. The third-order valence-corrected chi connectivity index (χ3v) is 5.88. The number of nitrogens with one attached hydrogen (secondary N) is 1. The van der Waals surface area contributed by atoms with Gasteiger partial charge in [0.1, 0.15) is 5.58 Å². The number of carbonyl (C=O) groups excluding carboxylic acids is 1. The highest BCUT2D eigenvalue weighted by Crippen LogP contribution is 2.42. The largest absolute Gasteiger partial charge is 0.493 e. The summed E-state index contributed by atoms with van der Waals surface area (Å²) in [6.07, 6.45) is 0. The van der Waals surface area contributed by atoms with Gasteiger partial charge in [-0.2, -0.15) is 0 Å². The molecule has 9 heteroatoms. The smallest absolute Gasteiger partial charge is 0.268 e. The topological polar surface area (TPSA) is 87.0 Å². The number of fused-ring (bicyclic) bond motifs is 1. The van der Waals surface area contributed by atoms with Crippen LogP contribution >= 0.6 is 22.9 Å². The van der Waals surface area contributed by atoms with Crippen LogP contribution in [-0.4, -0.2) is 27.2 Å². The molecule has 7 nitrogen and oxygen atoms in total. The summed E-state index contributed by atoms with van der Waals surface area (Å²) in [6.45, 7) is 0. The van der Waals surface area contributed by atoms with Gasteiger partial charge in [0, 0.05) is 5.02 Å². The molecule has 0 aliphatic rings. The van der Waals surface area contributed by atoms with Crippen molar-refractivity contribution in [1.82, 2.24) is 0 Å². The quantitative estimate of drug-likeness (QED) is 0.402. The summed E-state index contributed by atoms with van der Waals surface area (Å²) in [6, 6.07) is 11.4. The average molecular weight is 472 g/mol. The highest BCUT2D eigenvalue weighted by molar-refractivity contribution is 7.12. The molecule has 4 aromatic rings. The number of methoxy groups -OCH3 is 3. The Balaban J connectivity index is 1.99. The standard InChI is InChI=1S/C23H18ClNO6S/c1-28-16-9-12(10-17(29-2)21(16)30-3)19-20(26)14-11-13(24)6-7-15(14)31-23(19)25-22(27)18-5-4-8-32-18/h4-11H,1-3H3,(H,25,27). The van der Waals surface area contributed by atoms with E-state index in [1.807, 2.05) is 0 Å². The molecule has 0 radical (unpaired) electrons. The maximum Gasteiger partial charge on any atom is 0.268 e. The number of hydrogen-bond donors (Lipinski definition) is 1. The van der Waals surface area contributed by atoms with Crippen LogP contribution in [0.1, 0.15) is 9.67 Å². The molecule has 2 heterocycles. The van der Waals surface area contributed by atoms with Crippen LogP contribution in [0.3, 0.4) is 0 Å². The molecule has 0 aliphatic heterocycles. The van der Waals surface area contributed by atoms with Crippen LogP contribution < -0.4 is 25.0 Å². The minimum atomic E-state index is -0.398. The molecule has 164 valence electrons. The van der Waals surface area contributed by atoms with Crippen LogP contribution in [0.2, 0.25) is 5.02 Å². The summed E-state index contributed by atoms with van der Waals surface area (Å²) in [4.78, 5) is 26.8. The van der Waals surface area contributed by atoms with Gasteiger partial charge in [0.15, 0.2) is 11.5 Å². The summed E-state index contributed by atoms with van der Waals surface area (Å²) < 4.78 is 22.2. The number of carbonyl (C=O) groups is 1. The zero-order valence-electron chi connectivity index (χ0n) is 17.4. The van der Waals surface area contributed by atoms with Crippen molar-refractivity contribution in [2.45, 2.75) is 0 Å². The van der Waals surface area contributed by atoms with Gasteiger partial charge in [0.2, 0.25) is 17.1 Å². The molecule has 32 heavy (non-hydrogen) atoms. The molecule has 0 unspecified atom stereocenters. The van der Waals surface area contributed by atoms with E-state index in [0.717, 1.165) is 0 Å². The number of amides is 1. The summed E-state index contributed by atoms with van der Waals surface area (Å²) in [5, 5.41) is 5.17. The Hall–Kier alpha value is -3.49. The molecule has 1 N–H and O–H groups in total. The van der Waals surface area contributed by atoms with Crippen molar-refractivity contribution in [2.24, 2.45) is 0 Å². The van der Waals surface area contributed by atoms with Gasteiger partial charge in [0.05, 0.1) is 37.2 Å². The van der Waals surface area contributed by atoms with Crippen LogP contribution in [0.4, 0.5) is 5.88 Å². The first kappa shape index (κ1) is 21.7. The fourth-order valence-corrected chi connectivity index (χ4v) is 4.11. The van der Waals surface area contributed by atoms with Gasteiger partial charge in [-0.25, -0.2) is 0 Å². The molecule has 0 saturated carbocycles. The van der Waals surface area contributed by atoms with E-state index >= 15 is 0 Å². The van der Waals surface area contributed by atoms with Gasteiger partial charge in [-0.05, 0) is 47.3 Å². The minimum Gasteiger partial charge on any atom is -0.493 e. The fourth-order valence-electron chi connectivity index (χ4n) is 3.32. The second-order valence-corrected chi connectivity index (χ2v) is 8.01.